The van der Waals surface area contributed by atoms with E-state index in [-0.39, 0.29) is 6.42 Å². The highest BCUT2D eigenvalue weighted by Crippen LogP contribution is 2.29. The topological polar surface area (TPSA) is 46.5 Å². The van der Waals surface area contributed by atoms with Crippen LogP contribution in [0.1, 0.15) is 19.8 Å². The van der Waals surface area contributed by atoms with E-state index < -0.39 is 12.1 Å². The summed E-state index contributed by atoms with van der Waals surface area (Å²) >= 11 is 5.95. The Balaban J connectivity index is 2.69. The van der Waals surface area contributed by atoms with Gasteiger partial charge in [0, 0.05) is 5.03 Å². The van der Waals surface area contributed by atoms with Crippen molar-refractivity contribution >= 4 is 17.6 Å². The lowest BCUT2D eigenvalue weighted by Gasteiger charge is -2.20. The molecular weight excluding hydrogens is 216 g/mol. The molecule has 0 bridgehead atoms. The van der Waals surface area contributed by atoms with Gasteiger partial charge in [0.05, 0.1) is 19.6 Å². The average molecular weight is 231 g/mol. The predicted octanol–water partition coefficient (Wildman–Crippen LogP) is 2.00. The number of aliphatic hydroxyl groups excluding tert-OH is 1. The molecule has 3 nitrogen and oxygen atoms in total. The molecule has 0 aromatic rings. The summed E-state index contributed by atoms with van der Waals surface area (Å²) in [7, 11) is 1.30. The van der Waals surface area contributed by atoms with Crippen LogP contribution in [0.25, 0.3) is 0 Å². The first-order valence-corrected chi connectivity index (χ1v) is 5.24. The summed E-state index contributed by atoms with van der Waals surface area (Å²) in [4.78, 5) is 11.0. The predicted molar refractivity (Wildman–Crippen MR) is 58.4 cm³/mol. The van der Waals surface area contributed by atoms with Crippen LogP contribution in [-0.4, -0.2) is 24.3 Å². The van der Waals surface area contributed by atoms with Gasteiger partial charge in [0.15, 0.2) is 0 Å². The Labute approximate surface area is 94.4 Å². The van der Waals surface area contributed by atoms with E-state index in [4.69, 9.17) is 11.6 Å². The first kappa shape index (κ1) is 12.3. The van der Waals surface area contributed by atoms with Gasteiger partial charge in [-0.3, -0.25) is 4.79 Å². The van der Waals surface area contributed by atoms with Gasteiger partial charge >= 0.3 is 5.97 Å². The second kappa shape index (κ2) is 5.33. The summed E-state index contributed by atoms with van der Waals surface area (Å²) < 4.78 is 4.49. The van der Waals surface area contributed by atoms with E-state index in [0.717, 1.165) is 5.57 Å². The quantitative estimate of drug-likeness (QED) is 0.755. The Morgan fingerprint density at radius 1 is 1.80 bits per heavy atom. The summed E-state index contributed by atoms with van der Waals surface area (Å²) in [6.07, 6.45) is 3.57. The number of rotatable bonds is 3. The number of carbonyl (C=O) groups is 1. The van der Waals surface area contributed by atoms with Crippen molar-refractivity contribution in [3.05, 3.63) is 22.8 Å². The normalized spacial score (nSPS) is 22.8. The fourth-order valence-electron chi connectivity index (χ4n) is 1.53. The maximum absolute atomic E-state index is 11.0. The zero-order valence-electron chi connectivity index (χ0n) is 8.87. The molecule has 15 heavy (non-hydrogen) atoms. The molecule has 0 spiro atoms. The Hall–Kier alpha value is -0.800. The highest BCUT2D eigenvalue weighted by molar-refractivity contribution is 6.31. The number of ether oxygens (including phenoxy) is 1. The van der Waals surface area contributed by atoms with E-state index in [1.165, 1.54) is 7.11 Å². The number of hydrogen-bond donors (Lipinski definition) is 1. The minimum Gasteiger partial charge on any atom is -0.469 e. The van der Waals surface area contributed by atoms with Crippen molar-refractivity contribution in [2.75, 3.05) is 7.11 Å². The monoisotopic (exact) mass is 230 g/mol. The van der Waals surface area contributed by atoms with Crippen molar-refractivity contribution in [3.8, 4) is 0 Å². The minimum absolute atomic E-state index is 0.0391. The summed E-state index contributed by atoms with van der Waals surface area (Å²) in [6.45, 7) is 2.03. The van der Waals surface area contributed by atoms with Gasteiger partial charge < -0.3 is 9.84 Å². The number of allylic oxidation sites excluding steroid dienone is 3. The lowest BCUT2D eigenvalue weighted by molar-refractivity contribution is -0.142. The maximum Gasteiger partial charge on any atom is 0.308 e. The van der Waals surface area contributed by atoms with Gasteiger partial charge in [-0.05, 0) is 24.0 Å². The molecule has 1 rings (SSSR count). The Kier molecular flexibility index (Phi) is 4.36. The molecule has 2 unspecified atom stereocenters. The first-order chi connectivity index (χ1) is 7.04. The Bertz CT molecular complexity index is 307. The van der Waals surface area contributed by atoms with Crippen molar-refractivity contribution in [2.45, 2.75) is 25.9 Å². The summed E-state index contributed by atoms with van der Waals surface area (Å²) in [5.41, 5.74) is 0.720. The van der Waals surface area contributed by atoms with Crippen LogP contribution in [0, 0.1) is 5.92 Å². The molecule has 2 atom stereocenters. The van der Waals surface area contributed by atoms with Gasteiger partial charge in [-0.2, -0.15) is 0 Å². The molecule has 0 amide bonds. The van der Waals surface area contributed by atoms with Gasteiger partial charge in [-0.25, -0.2) is 0 Å². The molecule has 4 heteroatoms. The second-order valence-corrected chi connectivity index (χ2v) is 4.12. The smallest absolute Gasteiger partial charge is 0.308 e. The molecule has 0 radical (unpaired) electrons. The fraction of sp³-hybridized carbons (Fsp3) is 0.545. The number of hydrogen-bond acceptors (Lipinski definition) is 3. The molecule has 1 aliphatic carbocycles. The number of esters is 1. The molecule has 0 fully saturated rings. The Morgan fingerprint density at radius 2 is 2.47 bits per heavy atom. The van der Waals surface area contributed by atoms with Crippen molar-refractivity contribution in [1.82, 2.24) is 0 Å². The van der Waals surface area contributed by atoms with Crippen LogP contribution in [0.3, 0.4) is 0 Å². The molecule has 1 aliphatic rings. The fourth-order valence-corrected chi connectivity index (χ4v) is 1.80. The van der Waals surface area contributed by atoms with E-state index in [1.807, 2.05) is 13.0 Å². The van der Waals surface area contributed by atoms with E-state index in [0.29, 0.717) is 17.4 Å². The highest BCUT2D eigenvalue weighted by Gasteiger charge is 2.21. The molecule has 0 heterocycles. The van der Waals surface area contributed by atoms with Gasteiger partial charge in [0.2, 0.25) is 0 Å². The molecular formula is C11H15ClO3. The Morgan fingerprint density at radius 3 is 3.07 bits per heavy atom. The molecule has 0 aromatic carbocycles. The van der Waals surface area contributed by atoms with Crippen LogP contribution in [-0.2, 0) is 9.53 Å². The van der Waals surface area contributed by atoms with Crippen molar-refractivity contribution in [1.29, 1.82) is 0 Å². The van der Waals surface area contributed by atoms with Crippen LogP contribution in [0.4, 0.5) is 0 Å². The standard InChI is InChI=1S/C11H15ClO3/c1-7-3-4-9(12)8(5-7)10(13)6-11(14)15-2/h3-4,7,10,13H,5-6H2,1-2H3. The minimum atomic E-state index is -0.836. The van der Waals surface area contributed by atoms with E-state index in [2.05, 4.69) is 4.74 Å². The lowest BCUT2D eigenvalue weighted by Crippen LogP contribution is -2.20. The zero-order chi connectivity index (χ0) is 11.4. The number of aliphatic hydroxyl groups is 1. The number of halogens is 1. The molecule has 84 valence electrons. The van der Waals surface area contributed by atoms with E-state index in [1.54, 1.807) is 6.08 Å². The van der Waals surface area contributed by atoms with Crippen LogP contribution in [0.15, 0.2) is 22.8 Å². The van der Waals surface area contributed by atoms with E-state index >= 15 is 0 Å². The summed E-state index contributed by atoms with van der Waals surface area (Å²) in [5, 5.41) is 10.3. The van der Waals surface area contributed by atoms with Gasteiger partial charge in [-0.15, -0.1) is 0 Å². The maximum atomic E-state index is 11.0. The summed E-state index contributed by atoms with van der Waals surface area (Å²) in [5.74, 6) is -0.0866. The van der Waals surface area contributed by atoms with Crippen LogP contribution < -0.4 is 0 Å². The number of carbonyl (C=O) groups excluding carboxylic acids is 1. The first-order valence-electron chi connectivity index (χ1n) is 4.86. The van der Waals surface area contributed by atoms with Crippen molar-refractivity contribution < 1.29 is 14.6 Å². The third-order valence-corrected chi connectivity index (χ3v) is 2.78. The van der Waals surface area contributed by atoms with Crippen LogP contribution >= 0.6 is 11.6 Å². The van der Waals surface area contributed by atoms with Crippen molar-refractivity contribution in [3.63, 3.8) is 0 Å². The number of methoxy groups -OCH3 is 1. The molecule has 0 aromatic heterocycles. The third kappa shape index (κ3) is 3.36. The van der Waals surface area contributed by atoms with Crippen molar-refractivity contribution in [2.24, 2.45) is 5.92 Å². The zero-order valence-corrected chi connectivity index (χ0v) is 9.62. The molecule has 0 saturated heterocycles. The van der Waals surface area contributed by atoms with Gasteiger partial charge in [0.25, 0.3) is 0 Å². The molecule has 1 N–H and O–H groups in total. The average Bonchev–Trinajstić information content (AvgIpc) is 2.21. The van der Waals surface area contributed by atoms with Crippen LogP contribution in [0.5, 0.6) is 0 Å². The lowest BCUT2D eigenvalue weighted by atomic mass is 9.91. The third-order valence-electron chi connectivity index (χ3n) is 2.41. The van der Waals surface area contributed by atoms with Crippen LogP contribution in [0.2, 0.25) is 0 Å². The largest absolute Gasteiger partial charge is 0.469 e. The molecule has 0 saturated carbocycles. The highest BCUT2D eigenvalue weighted by atomic mass is 35.5. The second-order valence-electron chi connectivity index (χ2n) is 3.71. The molecule has 0 aliphatic heterocycles. The SMILES string of the molecule is COC(=O)CC(O)C1=C(Cl)C=CC(C)C1. The van der Waals surface area contributed by atoms with E-state index in [9.17, 15) is 9.90 Å². The van der Waals surface area contributed by atoms with Gasteiger partial charge in [0.1, 0.15) is 0 Å². The van der Waals surface area contributed by atoms with Gasteiger partial charge in [-0.1, -0.05) is 24.6 Å². The summed E-state index contributed by atoms with van der Waals surface area (Å²) in [6, 6.07) is 0.